The Morgan fingerprint density at radius 2 is 1.59 bits per heavy atom. The molecule has 0 spiro atoms. The van der Waals surface area contributed by atoms with Crippen LogP contribution >= 0.6 is 11.8 Å². The Morgan fingerprint density at radius 1 is 1.00 bits per heavy atom. The zero-order chi connectivity index (χ0) is 19.5. The smallest absolute Gasteiger partial charge is 0.392 e. The van der Waals surface area contributed by atoms with E-state index >= 15 is 0 Å². The maximum atomic E-state index is 13.2. The molecule has 0 radical (unpaired) electrons. The van der Waals surface area contributed by atoms with Gasteiger partial charge in [0, 0.05) is 10.6 Å². The lowest BCUT2D eigenvalue weighted by molar-refractivity contribution is -0.146. The van der Waals surface area contributed by atoms with Crippen molar-refractivity contribution in [2.24, 2.45) is 0 Å². The second-order valence-electron chi connectivity index (χ2n) is 6.19. The lowest BCUT2D eigenvalue weighted by atomic mass is 9.87. The van der Waals surface area contributed by atoms with Gasteiger partial charge in [-0.1, -0.05) is 48.5 Å². The number of carbonyl (C=O) groups excluding carboxylic acids is 1. The molecule has 2 aromatic carbocycles. The second-order valence-corrected chi connectivity index (χ2v) is 7.24. The van der Waals surface area contributed by atoms with Crippen LogP contribution in [0.1, 0.15) is 18.9 Å². The molecule has 0 heterocycles. The summed E-state index contributed by atoms with van der Waals surface area (Å²) in [6.07, 6.45) is -5.49. The van der Waals surface area contributed by atoms with Crippen LogP contribution in [0, 0.1) is 0 Å². The van der Waals surface area contributed by atoms with Gasteiger partial charge < -0.3 is 4.74 Å². The minimum absolute atomic E-state index is 0.114. The molecule has 0 N–H and O–H groups in total. The molecule has 0 amide bonds. The van der Waals surface area contributed by atoms with Gasteiger partial charge in [-0.05, 0) is 35.8 Å². The van der Waals surface area contributed by atoms with Crippen molar-refractivity contribution in [3.05, 3.63) is 77.4 Å². The van der Waals surface area contributed by atoms with E-state index in [4.69, 9.17) is 4.74 Å². The maximum Gasteiger partial charge on any atom is 0.392 e. The molecule has 1 aliphatic carbocycles. The fourth-order valence-electron chi connectivity index (χ4n) is 3.34. The first-order chi connectivity index (χ1) is 12.9. The van der Waals surface area contributed by atoms with Crippen LogP contribution in [0.15, 0.2) is 76.7 Å². The van der Waals surface area contributed by atoms with Crippen molar-refractivity contribution < 1.29 is 22.7 Å². The van der Waals surface area contributed by atoms with E-state index in [0.29, 0.717) is 16.9 Å². The van der Waals surface area contributed by atoms with E-state index in [-0.39, 0.29) is 12.2 Å². The van der Waals surface area contributed by atoms with E-state index < -0.39 is 24.0 Å². The molecule has 1 aliphatic rings. The van der Waals surface area contributed by atoms with Crippen molar-refractivity contribution in [1.82, 2.24) is 0 Å². The number of esters is 1. The van der Waals surface area contributed by atoms with E-state index in [9.17, 15) is 18.0 Å². The Kier molecular flexibility index (Phi) is 5.65. The average Bonchev–Trinajstić information content (AvgIpc) is 3.27. The normalized spacial score (nSPS) is 19.1. The van der Waals surface area contributed by atoms with E-state index in [1.165, 1.54) is 11.8 Å². The Hall–Kier alpha value is -2.21. The van der Waals surface area contributed by atoms with Gasteiger partial charge >= 0.3 is 12.1 Å². The van der Waals surface area contributed by atoms with Crippen molar-refractivity contribution in [1.29, 1.82) is 0 Å². The average molecular weight is 392 g/mol. The molecule has 0 fully saturated rings. The minimum Gasteiger partial charge on any atom is -0.465 e. The van der Waals surface area contributed by atoms with E-state index in [2.05, 4.69) is 0 Å². The first kappa shape index (κ1) is 19.5. The Morgan fingerprint density at radius 3 is 2.15 bits per heavy atom. The quantitative estimate of drug-likeness (QED) is 0.351. The Bertz CT molecular complexity index is 832. The molecule has 1 unspecified atom stereocenters. The summed E-state index contributed by atoms with van der Waals surface area (Å²) in [7, 11) is 0. The molecule has 3 rings (SSSR count). The van der Waals surface area contributed by atoms with Gasteiger partial charge in [0.2, 0.25) is 0 Å². The van der Waals surface area contributed by atoms with Crippen LogP contribution in [0.3, 0.4) is 0 Å². The number of halogens is 3. The van der Waals surface area contributed by atoms with E-state index in [0.717, 1.165) is 4.90 Å². The first-order valence-electron chi connectivity index (χ1n) is 8.60. The van der Waals surface area contributed by atoms with Gasteiger partial charge in [-0.15, -0.1) is 11.8 Å². The van der Waals surface area contributed by atoms with Crippen LogP contribution in [0.25, 0.3) is 0 Å². The molecular weight excluding hydrogens is 373 g/mol. The highest BCUT2D eigenvalue weighted by Gasteiger charge is 2.62. The molecule has 0 saturated carbocycles. The zero-order valence-electron chi connectivity index (χ0n) is 14.8. The van der Waals surface area contributed by atoms with Gasteiger partial charge in [0.1, 0.15) is 5.41 Å². The third-order valence-corrected chi connectivity index (χ3v) is 5.54. The summed E-state index contributed by atoms with van der Waals surface area (Å²) in [6.45, 7) is 1.77. The molecule has 0 aromatic heterocycles. The largest absolute Gasteiger partial charge is 0.465 e. The highest BCUT2D eigenvalue weighted by molar-refractivity contribution is 7.99. The Labute approximate surface area is 160 Å². The SMILES string of the molecule is CCOC(=O)C1(c2ccccc2)C(CSc2ccccc2)=C1CC(F)(F)F. The summed E-state index contributed by atoms with van der Waals surface area (Å²) in [5.41, 5.74) is -0.248. The molecule has 142 valence electrons. The molecule has 27 heavy (non-hydrogen) atoms. The monoisotopic (exact) mass is 392 g/mol. The number of benzene rings is 2. The number of ether oxygens (including phenoxy) is 1. The molecule has 6 heteroatoms. The third kappa shape index (κ3) is 4.05. The van der Waals surface area contributed by atoms with Gasteiger partial charge in [0.25, 0.3) is 0 Å². The second kappa shape index (κ2) is 7.80. The van der Waals surface area contributed by atoms with Gasteiger partial charge in [0.15, 0.2) is 0 Å². The fraction of sp³-hybridized carbons (Fsp3) is 0.286. The third-order valence-electron chi connectivity index (χ3n) is 4.50. The van der Waals surface area contributed by atoms with Crippen molar-refractivity contribution in [2.75, 3.05) is 12.4 Å². The summed E-state index contributed by atoms with van der Waals surface area (Å²) in [5, 5.41) is 0. The van der Waals surface area contributed by atoms with Gasteiger partial charge in [-0.2, -0.15) is 13.2 Å². The molecule has 0 saturated heterocycles. The van der Waals surface area contributed by atoms with Crippen LogP contribution in [0.4, 0.5) is 13.2 Å². The molecule has 1 atom stereocenters. The molecular formula is C21H19F3O2S. The lowest BCUT2D eigenvalue weighted by Crippen LogP contribution is -2.30. The van der Waals surface area contributed by atoms with Crippen LogP contribution in [-0.4, -0.2) is 24.5 Å². The topological polar surface area (TPSA) is 26.3 Å². The molecule has 0 aliphatic heterocycles. The number of thioether (sulfide) groups is 1. The van der Waals surface area contributed by atoms with Crippen molar-refractivity contribution in [2.45, 2.75) is 29.8 Å². The van der Waals surface area contributed by atoms with Crippen molar-refractivity contribution >= 4 is 17.7 Å². The molecule has 2 aromatic rings. The van der Waals surface area contributed by atoms with E-state index in [1.807, 2.05) is 30.3 Å². The maximum absolute atomic E-state index is 13.2. The van der Waals surface area contributed by atoms with Gasteiger partial charge in [-0.3, -0.25) is 4.79 Å². The van der Waals surface area contributed by atoms with Crippen LogP contribution in [0.2, 0.25) is 0 Å². The minimum atomic E-state index is -4.39. The summed E-state index contributed by atoms with van der Waals surface area (Å²) < 4.78 is 44.8. The van der Waals surface area contributed by atoms with Crippen LogP contribution in [-0.2, 0) is 14.9 Å². The molecule has 0 bridgehead atoms. The first-order valence-corrected chi connectivity index (χ1v) is 9.58. The van der Waals surface area contributed by atoms with Crippen molar-refractivity contribution in [3.63, 3.8) is 0 Å². The predicted octanol–water partition coefficient (Wildman–Crippen LogP) is 5.54. The fourth-order valence-corrected chi connectivity index (χ4v) is 4.39. The zero-order valence-corrected chi connectivity index (χ0v) is 15.6. The molecule has 2 nitrogen and oxygen atoms in total. The predicted molar refractivity (Wildman–Crippen MR) is 99.6 cm³/mol. The highest BCUT2D eigenvalue weighted by atomic mass is 32.2. The Balaban J connectivity index is 1.96. The highest BCUT2D eigenvalue weighted by Crippen LogP contribution is 2.60. The standard InChI is InChI=1S/C21H19F3O2S/c1-2-26-19(25)21(15-9-5-3-6-10-15)17(13-20(22,23)24)18(21)14-27-16-11-7-4-8-12-16/h3-12H,2,13-14H2,1H3. The van der Waals surface area contributed by atoms with Crippen molar-refractivity contribution in [3.8, 4) is 0 Å². The summed E-state index contributed by atoms with van der Waals surface area (Å²) in [5.74, 6) is -0.317. The number of hydrogen-bond donors (Lipinski definition) is 0. The number of carbonyl (C=O) groups is 1. The lowest BCUT2D eigenvalue weighted by Gasteiger charge is -2.20. The van der Waals surface area contributed by atoms with E-state index in [1.54, 1.807) is 37.3 Å². The summed E-state index contributed by atoms with van der Waals surface area (Å²) >= 11 is 1.42. The number of alkyl halides is 3. The summed E-state index contributed by atoms with van der Waals surface area (Å²) in [6, 6.07) is 18.0. The van der Waals surface area contributed by atoms with Crippen LogP contribution < -0.4 is 0 Å². The number of hydrogen-bond acceptors (Lipinski definition) is 3. The van der Waals surface area contributed by atoms with Gasteiger partial charge in [0.05, 0.1) is 13.0 Å². The number of rotatable bonds is 7. The summed E-state index contributed by atoms with van der Waals surface area (Å²) in [4.78, 5) is 13.7. The van der Waals surface area contributed by atoms with Crippen LogP contribution in [0.5, 0.6) is 0 Å². The van der Waals surface area contributed by atoms with Gasteiger partial charge in [-0.25, -0.2) is 0 Å².